The van der Waals surface area contributed by atoms with Gasteiger partial charge in [0, 0.05) is 10.0 Å². The Hall–Kier alpha value is -1.88. The van der Waals surface area contributed by atoms with Crippen molar-refractivity contribution >= 4 is 28.2 Å². The van der Waals surface area contributed by atoms with Gasteiger partial charge in [0.05, 0.1) is 12.7 Å². The molecule has 1 aromatic carbocycles. The molecule has 4 nitrogen and oxygen atoms in total. The number of hydrogen-bond acceptors (Lipinski definition) is 4. The summed E-state index contributed by atoms with van der Waals surface area (Å²) in [4.78, 5) is 22.4. The minimum atomic E-state index is -0.459. The molecule has 98 valence electrons. The second kappa shape index (κ2) is 5.40. The van der Waals surface area contributed by atoms with E-state index in [4.69, 9.17) is 9.15 Å². The first-order chi connectivity index (χ1) is 9.06. The van der Waals surface area contributed by atoms with Crippen molar-refractivity contribution in [2.45, 2.75) is 6.92 Å². The number of esters is 1. The summed E-state index contributed by atoms with van der Waals surface area (Å²) in [5, 5.41) is 0. The molecular formula is C14H11BrO4. The van der Waals surface area contributed by atoms with Crippen molar-refractivity contribution in [2.24, 2.45) is 0 Å². The minimum absolute atomic E-state index is 0.214. The summed E-state index contributed by atoms with van der Waals surface area (Å²) in [6.45, 7) is 1.90. The van der Waals surface area contributed by atoms with Gasteiger partial charge in [0.25, 0.3) is 0 Å². The fourth-order valence-corrected chi connectivity index (χ4v) is 2.07. The van der Waals surface area contributed by atoms with Crippen LogP contribution in [0.25, 0.3) is 11.3 Å². The number of aldehydes is 1. The van der Waals surface area contributed by atoms with Gasteiger partial charge >= 0.3 is 5.97 Å². The number of carbonyl (C=O) groups is 2. The van der Waals surface area contributed by atoms with Crippen LogP contribution in [0.15, 0.2) is 33.2 Å². The van der Waals surface area contributed by atoms with Crippen molar-refractivity contribution < 1.29 is 18.7 Å². The van der Waals surface area contributed by atoms with Crippen LogP contribution in [-0.4, -0.2) is 19.4 Å². The Kier molecular flexibility index (Phi) is 3.85. The summed E-state index contributed by atoms with van der Waals surface area (Å²) in [6.07, 6.45) is 0.618. The maximum absolute atomic E-state index is 11.8. The van der Waals surface area contributed by atoms with E-state index in [0.717, 1.165) is 10.0 Å². The molecule has 5 heteroatoms. The Morgan fingerprint density at radius 1 is 1.37 bits per heavy atom. The zero-order valence-electron chi connectivity index (χ0n) is 10.4. The lowest BCUT2D eigenvalue weighted by molar-refractivity contribution is 0.0601. The SMILES string of the molecule is COC(=O)c1cc(Br)c(C)cc1-c1ccc(C=O)o1. The van der Waals surface area contributed by atoms with Gasteiger partial charge in [0.15, 0.2) is 12.0 Å². The van der Waals surface area contributed by atoms with Crippen LogP contribution in [0.1, 0.15) is 26.5 Å². The maximum atomic E-state index is 11.8. The van der Waals surface area contributed by atoms with Gasteiger partial charge in [-0.15, -0.1) is 0 Å². The van der Waals surface area contributed by atoms with E-state index < -0.39 is 5.97 Å². The molecule has 0 saturated carbocycles. The molecule has 2 rings (SSSR count). The Morgan fingerprint density at radius 3 is 2.68 bits per heavy atom. The topological polar surface area (TPSA) is 56.5 Å². The summed E-state index contributed by atoms with van der Waals surface area (Å²) < 4.78 is 10.9. The number of rotatable bonds is 3. The molecule has 2 aromatic rings. The Morgan fingerprint density at radius 2 is 2.11 bits per heavy atom. The van der Waals surface area contributed by atoms with Crippen LogP contribution in [0, 0.1) is 6.92 Å². The molecule has 0 saturated heterocycles. The third-order valence-corrected chi connectivity index (χ3v) is 3.57. The highest BCUT2D eigenvalue weighted by molar-refractivity contribution is 9.10. The summed E-state index contributed by atoms with van der Waals surface area (Å²) in [6, 6.07) is 6.70. The molecule has 0 unspecified atom stereocenters. The van der Waals surface area contributed by atoms with Crippen LogP contribution in [0.2, 0.25) is 0 Å². The zero-order chi connectivity index (χ0) is 14.0. The molecule has 0 amide bonds. The molecule has 0 N–H and O–H groups in total. The highest BCUT2D eigenvalue weighted by Crippen LogP contribution is 2.31. The van der Waals surface area contributed by atoms with Crippen LogP contribution in [0.4, 0.5) is 0 Å². The molecule has 0 aliphatic heterocycles. The third kappa shape index (κ3) is 2.61. The van der Waals surface area contributed by atoms with Gasteiger partial charge in [-0.2, -0.15) is 0 Å². The predicted octanol–water partition coefficient (Wildman–Crippen LogP) is 3.62. The normalized spacial score (nSPS) is 10.3. The Bertz CT molecular complexity index is 643. The number of ether oxygens (including phenoxy) is 1. The average Bonchev–Trinajstić information content (AvgIpc) is 2.89. The number of furan rings is 1. The van der Waals surface area contributed by atoms with Crippen molar-refractivity contribution in [2.75, 3.05) is 7.11 Å². The molecular weight excluding hydrogens is 312 g/mol. The number of benzene rings is 1. The lowest BCUT2D eigenvalue weighted by Gasteiger charge is -2.08. The number of hydrogen-bond donors (Lipinski definition) is 0. The maximum Gasteiger partial charge on any atom is 0.338 e. The summed E-state index contributed by atoms with van der Waals surface area (Å²) in [5.74, 6) is 0.212. The Balaban J connectivity index is 2.63. The van der Waals surface area contributed by atoms with E-state index in [2.05, 4.69) is 15.9 Å². The van der Waals surface area contributed by atoms with E-state index in [9.17, 15) is 9.59 Å². The molecule has 0 spiro atoms. The summed E-state index contributed by atoms with van der Waals surface area (Å²) in [5.41, 5.74) is 1.93. The number of carbonyl (C=O) groups excluding carboxylic acids is 2. The van der Waals surface area contributed by atoms with Gasteiger partial charge in [0.1, 0.15) is 5.76 Å². The van der Waals surface area contributed by atoms with Crippen molar-refractivity contribution in [3.8, 4) is 11.3 Å². The first-order valence-electron chi connectivity index (χ1n) is 5.50. The van der Waals surface area contributed by atoms with E-state index in [0.29, 0.717) is 23.2 Å². The molecule has 0 atom stereocenters. The summed E-state index contributed by atoms with van der Waals surface area (Å²) >= 11 is 3.37. The van der Waals surface area contributed by atoms with Crippen molar-refractivity contribution in [1.82, 2.24) is 0 Å². The quantitative estimate of drug-likeness (QED) is 0.639. The van der Waals surface area contributed by atoms with Crippen LogP contribution in [-0.2, 0) is 4.74 Å². The molecule has 1 heterocycles. The predicted molar refractivity (Wildman–Crippen MR) is 73.3 cm³/mol. The van der Waals surface area contributed by atoms with Crippen molar-refractivity contribution in [3.63, 3.8) is 0 Å². The van der Waals surface area contributed by atoms with Gasteiger partial charge in [-0.1, -0.05) is 15.9 Å². The number of halogens is 1. The number of aryl methyl sites for hydroxylation is 1. The standard InChI is InChI=1S/C14H11BrO4/c1-8-5-10(13-4-3-9(7-16)19-13)11(6-12(8)15)14(17)18-2/h3-7H,1-2H3. The van der Waals surface area contributed by atoms with Gasteiger partial charge in [0.2, 0.25) is 0 Å². The number of methoxy groups -OCH3 is 1. The van der Waals surface area contributed by atoms with Crippen LogP contribution < -0.4 is 0 Å². The fourth-order valence-electron chi connectivity index (χ4n) is 1.73. The third-order valence-electron chi connectivity index (χ3n) is 2.71. The highest BCUT2D eigenvalue weighted by atomic mass is 79.9. The summed E-state index contributed by atoms with van der Waals surface area (Å²) in [7, 11) is 1.32. The van der Waals surface area contributed by atoms with E-state index in [-0.39, 0.29) is 5.76 Å². The smallest absolute Gasteiger partial charge is 0.338 e. The average molecular weight is 323 g/mol. The van der Waals surface area contributed by atoms with E-state index in [1.165, 1.54) is 7.11 Å². The van der Waals surface area contributed by atoms with E-state index in [1.807, 2.05) is 13.0 Å². The van der Waals surface area contributed by atoms with Gasteiger partial charge in [-0.25, -0.2) is 4.79 Å². The second-order valence-corrected chi connectivity index (χ2v) is 4.81. The van der Waals surface area contributed by atoms with Crippen LogP contribution >= 0.6 is 15.9 Å². The second-order valence-electron chi connectivity index (χ2n) is 3.96. The molecule has 0 radical (unpaired) electrons. The molecule has 0 aliphatic carbocycles. The van der Waals surface area contributed by atoms with E-state index in [1.54, 1.807) is 18.2 Å². The fraction of sp³-hybridized carbons (Fsp3) is 0.143. The minimum Gasteiger partial charge on any atom is -0.465 e. The monoisotopic (exact) mass is 322 g/mol. The van der Waals surface area contributed by atoms with Gasteiger partial charge in [-0.05, 0) is 36.8 Å². The first-order valence-corrected chi connectivity index (χ1v) is 6.30. The van der Waals surface area contributed by atoms with Crippen LogP contribution in [0.3, 0.4) is 0 Å². The first kappa shape index (κ1) is 13.5. The molecule has 0 bridgehead atoms. The van der Waals surface area contributed by atoms with Crippen LogP contribution in [0.5, 0.6) is 0 Å². The molecule has 1 aromatic heterocycles. The van der Waals surface area contributed by atoms with Crippen molar-refractivity contribution in [1.29, 1.82) is 0 Å². The Labute approximate surface area is 118 Å². The lowest BCUT2D eigenvalue weighted by Crippen LogP contribution is -2.04. The highest BCUT2D eigenvalue weighted by Gasteiger charge is 2.17. The zero-order valence-corrected chi connectivity index (χ0v) is 12.0. The van der Waals surface area contributed by atoms with Gasteiger partial charge < -0.3 is 9.15 Å². The molecule has 19 heavy (non-hydrogen) atoms. The largest absolute Gasteiger partial charge is 0.465 e. The van der Waals surface area contributed by atoms with E-state index >= 15 is 0 Å². The lowest BCUT2D eigenvalue weighted by atomic mass is 10.0. The molecule has 0 aliphatic rings. The molecule has 0 fully saturated rings. The van der Waals surface area contributed by atoms with Gasteiger partial charge in [-0.3, -0.25) is 4.79 Å². The van der Waals surface area contributed by atoms with Crippen molar-refractivity contribution in [3.05, 3.63) is 45.6 Å².